The maximum Gasteiger partial charge on any atom is 0.341 e. The van der Waals surface area contributed by atoms with Crippen molar-refractivity contribution < 1.29 is 19.1 Å². The van der Waals surface area contributed by atoms with E-state index in [-0.39, 0.29) is 11.7 Å². The number of amides is 2. The minimum absolute atomic E-state index is 0.0257. The van der Waals surface area contributed by atoms with Crippen LogP contribution in [0.15, 0.2) is 10.4 Å². The third-order valence-corrected chi connectivity index (χ3v) is 4.47. The third-order valence-electron chi connectivity index (χ3n) is 3.33. The number of rotatable bonds is 6. The second-order valence-electron chi connectivity index (χ2n) is 5.82. The average molecular weight is 381 g/mol. The molecule has 2 amide bonds. The quantitative estimate of drug-likeness (QED) is 0.340. The molecule has 0 aliphatic carbocycles. The normalized spacial score (nSPS) is 15.6. The van der Waals surface area contributed by atoms with Crippen molar-refractivity contribution in [3.05, 3.63) is 16.5 Å². The van der Waals surface area contributed by atoms with E-state index in [2.05, 4.69) is 29.5 Å². The standard InChI is InChI=1S/C16H19N3O4S2/c1-4-23-15(22)11-9(5-8(2)3)7-25-14(11)17-6-10-12(20)18-16(24)19-13(10)21/h6-8,10H,4-5H2,1-3H3,(H2,18,19,20,21,24). The van der Waals surface area contributed by atoms with E-state index in [4.69, 9.17) is 17.0 Å². The molecule has 1 fully saturated rings. The molecule has 25 heavy (non-hydrogen) atoms. The van der Waals surface area contributed by atoms with E-state index in [1.54, 1.807) is 6.92 Å². The molecule has 2 N–H and O–H groups in total. The van der Waals surface area contributed by atoms with Gasteiger partial charge < -0.3 is 15.4 Å². The van der Waals surface area contributed by atoms with Crippen molar-refractivity contribution in [2.75, 3.05) is 6.61 Å². The summed E-state index contributed by atoms with van der Waals surface area (Å²) in [5.41, 5.74) is 1.24. The summed E-state index contributed by atoms with van der Waals surface area (Å²) in [6.45, 7) is 6.09. The van der Waals surface area contributed by atoms with E-state index >= 15 is 0 Å². The van der Waals surface area contributed by atoms with Crippen molar-refractivity contribution in [1.29, 1.82) is 0 Å². The summed E-state index contributed by atoms with van der Waals surface area (Å²) in [7, 11) is 0. The Labute approximate surface area is 154 Å². The number of nitrogens with one attached hydrogen (secondary N) is 2. The molecule has 0 radical (unpaired) electrons. The molecular weight excluding hydrogens is 362 g/mol. The number of carbonyl (C=O) groups excluding carboxylic acids is 3. The number of hydrogen-bond donors (Lipinski definition) is 2. The molecule has 2 heterocycles. The Kier molecular flexibility index (Phi) is 6.38. The van der Waals surface area contributed by atoms with Gasteiger partial charge in [-0.1, -0.05) is 13.8 Å². The number of thiophene rings is 1. The molecule has 0 saturated carbocycles. The summed E-state index contributed by atoms with van der Waals surface area (Å²) in [4.78, 5) is 40.2. The highest BCUT2D eigenvalue weighted by atomic mass is 32.1. The van der Waals surface area contributed by atoms with Crippen molar-refractivity contribution in [3.63, 3.8) is 0 Å². The average Bonchev–Trinajstić information content (AvgIpc) is 2.88. The zero-order valence-corrected chi connectivity index (χ0v) is 15.8. The summed E-state index contributed by atoms with van der Waals surface area (Å²) < 4.78 is 5.12. The van der Waals surface area contributed by atoms with Crippen molar-refractivity contribution in [2.24, 2.45) is 16.8 Å². The van der Waals surface area contributed by atoms with Gasteiger partial charge >= 0.3 is 5.97 Å². The minimum atomic E-state index is -1.10. The zero-order chi connectivity index (χ0) is 18.6. The van der Waals surface area contributed by atoms with Crippen LogP contribution in [0.1, 0.15) is 36.7 Å². The largest absolute Gasteiger partial charge is 0.462 e. The van der Waals surface area contributed by atoms with Crippen LogP contribution in [0, 0.1) is 11.8 Å². The number of nitrogens with zero attached hydrogens (tertiary/aromatic N) is 1. The van der Waals surface area contributed by atoms with Crippen LogP contribution < -0.4 is 10.6 Å². The molecule has 0 bridgehead atoms. The van der Waals surface area contributed by atoms with Crippen LogP contribution in [0.4, 0.5) is 5.00 Å². The summed E-state index contributed by atoms with van der Waals surface area (Å²) in [5.74, 6) is -2.29. The number of esters is 1. The van der Waals surface area contributed by atoms with Gasteiger partial charge in [-0.3, -0.25) is 9.59 Å². The molecule has 0 aromatic carbocycles. The summed E-state index contributed by atoms with van der Waals surface area (Å²) in [6.07, 6.45) is 1.93. The van der Waals surface area contributed by atoms with Crippen LogP contribution in [0.5, 0.6) is 0 Å². The monoisotopic (exact) mass is 381 g/mol. The van der Waals surface area contributed by atoms with Gasteiger partial charge in [0.25, 0.3) is 0 Å². The predicted octanol–water partition coefficient (Wildman–Crippen LogP) is 1.97. The van der Waals surface area contributed by atoms with E-state index < -0.39 is 23.7 Å². The molecule has 1 aliphatic rings. The Morgan fingerprint density at radius 3 is 2.60 bits per heavy atom. The molecule has 1 aromatic rings. The lowest BCUT2D eigenvalue weighted by atomic mass is 10.0. The lowest BCUT2D eigenvalue weighted by Crippen LogP contribution is -2.56. The topological polar surface area (TPSA) is 96.9 Å². The van der Waals surface area contributed by atoms with Crippen LogP contribution in [0.2, 0.25) is 0 Å². The Balaban J connectivity index is 2.30. The fraction of sp³-hybridized carbons (Fsp3) is 0.438. The second-order valence-corrected chi connectivity index (χ2v) is 7.09. The van der Waals surface area contributed by atoms with E-state index in [1.165, 1.54) is 17.6 Å². The fourth-order valence-corrected chi connectivity index (χ4v) is 3.42. The van der Waals surface area contributed by atoms with Crippen LogP contribution >= 0.6 is 23.6 Å². The van der Waals surface area contributed by atoms with Gasteiger partial charge in [-0.15, -0.1) is 11.3 Å². The van der Waals surface area contributed by atoms with Crippen LogP contribution in [-0.4, -0.2) is 35.7 Å². The predicted molar refractivity (Wildman–Crippen MR) is 99.3 cm³/mol. The Bertz CT molecular complexity index is 720. The van der Waals surface area contributed by atoms with Gasteiger partial charge in [0.15, 0.2) is 11.0 Å². The Morgan fingerprint density at radius 1 is 1.40 bits per heavy atom. The fourth-order valence-electron chi connectivity index (χ4n) is 2.30. The first-order valence-corrected chi connectivity index (χ1v) is 9.09. The second kappa shape index (κ2) is 8.30. The van der Waals surface area contributed by atoms with Crippen LogP contribution in [-0.2, 0) is 20.7 Å². The van der Waals surface area contributed by atoms with Gasteiger partial charge in [0.2, 0.25) is 11.8 Å². The molecule has 0 unspecified atom stereocenters. The lowest BCUT2D eigenvalue weighted by molar-refractivity contribution is -0.131. The summed E-state index contributed by atoms with van der Waals surface area (Å²) in [6, 6.07) is 0. The van der Waals surface area contributed by atoms with Crippen LogP contribution in [0.25, 0.3) is 0 Å². The highest BCUT2D eigenvalue weighted by Gasteiger charge is 2.31. The number of aliphatic imine (C=N–C) groups is 1. The van der Waals surface area contributed by atoms with Gasteiger partial charge in [-0.2, -0.15) is 0 Å². The van der Waals surface area contributed by atoms with Gasteiger partial charge in [0.1, 0.15) is 5.00 Å². The molecule has 1 aliphatic heterocycles. The van der Waals surface area contributed by atoms with Gasteiger partial charge in [-0.25, -0.2) is 9.79 Å². The molecule has 134 valence electrons. The Hall–Kier alpha value is -2.13. The van der Waals surface area contributed by atoms with Gasteiger partial charge in [0, 0.05) is 6.21 Å². The van der Waals surface area contributed by atoms with E-state index in [0.717, 1.165) is 5.56 Å². The summed E-state index contributed by atoms with van der Waals surface area (Å²) >= 11 is 6.03. The molecule has 9 heteroatoms. The highest BCUT2D eigenvalue weighted by molar-refractivity contribution is 7.80. The maximum absolute atomic E-state index is 12.3. The molecule has 0 spiro atoms. The zero-order valence-electron chi connectivity index (χ0n) is 14.1. The molecule has 1 aromatic heterocycles. The number of carbonyl (C=O) groups is 3. The van der Waals surface area contributed by atoms with Crippen molar-refractivity contribution in [1.82, 2.24) is 10.6 Å². The maximum atomic E-state index is 12.3. The van der Waals surface area contributed by atoms with Crippen molar-refractivity contribution >= 4 is 57.7 Å². The van der Waals surface area contributed by atoms with Gasteiger partial charge in [0.05, 0.1) is 12.2 Å². The first kappa shape index (κ1) is 19.2. The number of hydrogen-bond acceptors (Lipinski definition) is 7. The van der Waals surface area contributed by atoms with Gasteiger partial charge in [-0.05, 0) is 42.4 Å². The van der Waals surface area contributed by atoms with Crippen LogP contribution in [0.3, 0.4) is 0 Å². The first-order chi connectivity index (χ1) is 11.8. The number of ether oxygens (including phenoxy) is 1. The SMILES string of the molecule is CCOC(=O)c1c(CC(C)C)csc1N=CC1C(=O)NC(=S)NC1=O. The molecule has 0 atom stereocenters. The third kappa shape index (κ3) is 4.70. The highest BCUT2D eigenvalue weighted by Crippen LogP contribution is 2.33. The lowest BCUT2D eigenvalue weighted by Gasteiger charge is -2.19. The molecule has 7 nitrogen and oxygen atoms in total. The van der Waals surface area contributed by atoms with Crippen molar-refractivity contribution in [2.45, 2.75) is 27.2 Å². The van der Waals surface area contributed by atoms with E-state index in [1.807, 2.05) is 5.38 Å². The smallest absolute Gasteiger partial charge is 0.341 e. The minimum Gasteiger partial charge on any atom is -0.462 e. The number of thiocarbonyl (C=S) groups is 1. The van der Waals surface area contributed by atoms with Crippen molar-refractivity contribution in [3.8, 4) is 0 Å². The molecule has 1 saturated heterocycles. The van der Waals surface area contributed by atoms with E-state index in [0.29, 0.717) is 22.9 Å². The first-order valence-electron chi connectivity index (χ1n) is 7.80. The summed E-state index contributed by atoms with van der Waals surface area (Å²) in [5, 5.41) is 6.98. The van der Waals surface area contributed by atoms with E-state index in [9.17, 15) is 14.4 Å². The molecular formula is C16H19N3O4S2. The Morgan fingerprint density at radius 2 is 2.04 bits per heavy atom. The molecule has 2 rings (SSSR count).